The van der Waals surface area contributed by atoms with Gasteiger partial charge in [0.05, 0.1) is 24.7 Å². The summed E-state index contributed by atoms with van der Waals surface area (Å²) in [6.07, 6.45) is 1.96. The van der Waals surface area contributed by atoms with Crippen molar-refractivity contribution in [1.29, 1.82) is 5.26 Å². The lowest BCUT2D eigenvalue weighted by Gasteiger charge is -2.09. The van der Waals surface area contributed by atoms with Crippen molar-refractivity contribution in [1.82, 2.24) is 0 Å². The molecule has 2 N–H and O–H groups in total. The first-order valence-electron chi connectivity index (χ1n) is 8.67. The minimum absolute atomic E-state index is 0.0533. The van der Waals surface area contributed by atoms with E-state index < -0.39 is 5.97 Å². The Balaban J connectivity index is 2.37. The van der Waals surface area contributed by atoms with Crippen molar-refractivity contribution in [3.63, 3.8) is 0 Å². The van der Waals surface area contributed by atoms with Crippen LogP contribution >= 0.6 is 0 Å². The number of esters is 1. The third-order valence-electron chi connectivity index (χ3n) is 3.96. The summed E-state index contributed by atoms with van der Waals surface area (Å²) in [7, 11) is 0. The maximum Gasteiger partial charge on any atom is 0.335 e. The van der Waals surface area contributed by atoms with E-state index in [9.17, 15) is 9.59 Å². The van der Waals surface area contributed by atoms with E-state index in [-0.39, 0.29) is 24.4 Å². The average Bonchev–Trinajstić information content (AvgIpc) is 2.63. The summed E-state index contributed by atoms with van der Waals surface area (Å²) in [6.45, 7) is 3.52. The zero-order valence-electron chi connectivity index (χ0n) is 15.5. The third-order valence-corrected chi connectivity index (χ3v) is 3.96. The lowest BCUT2D eigenvalue weighted by molar-refractivity contribution is -0.138. The standard InChI is InChI=1S/C22H22N2O3/c1-3-27-22(26)19(10-11-23)14-20-13-18(8-9-21(20)24)17-6-4-16(5-7-17)12-15(2)25/h4-9,13-14H,3,10,12,24H2,1-2H3/b19-14+. The first kappa shape index (κ1) is 19.9. The Hall–Kier alpha value is -3.39. The first-order valence-corrected chi connectivity index (χ1v) is 8.67. The monoisotopic (exact) mass is 362 g/mol. The number of ether oxygens (including phenoxy) is 1. The molecule has 5 heteroatoms. The summed E-state index contributed by atoms with van der Waals surface area (Å²) in [6, 6.07) is 15.2. The van der Waals surface area contributed by atoms with Gasteiger partial charge in [0, 0.05) is 12.1 Å². The van der Waals surface area contributed by atoms with E-state index in [1.807, 2.05) is 42.5 Å². The number of ketones is 1. The summed E-state index contributed by atoms with van der Waals surface area (Å²) in [5.74, 6) is -0.399. The predicted molar refractivity (Wildman–Crippen MR) is 106 cm³/mol. The van der Waals surface area contributed by atoms with Gasteiger partial charge in [0.2, 0.25) is 0 Å². The molecular weight excluding hydrogens is 340 g/mol. The van der Waals surface area contributed by atoms with Gasteiger partial charge in [-0.1, -0.05) is 30.3 Å². The molecule has 2 rings (SSSR count). The highest BCUT2D eigenvalue weighted by Crippen LogP contribution is 2.26. The normalized spacial score (nSPS) is 10.9. The summed E-state index contributed by atoms with van der Waals surface area (Å²) in [4.78, 5) is 23.2. The maximum atomic E-state index is 12.0. The van der Waals surface area contributed by atoms with Gasteiger partial charge in [-0.3, -0.25) is 4.79 Å². The molecule has 0 saturated carbocycles. The topological polar surface area (TPSA) is 93.2 Å². The van der Waals surface area contributed by atoms with Crippen molar-refractivity contribution in [2.75, 3.05) is 12.3 Å². The number of carbonyl (C=O) groups excluding carboxylic acids is 2. The van der Waals surface area contributed by atoms with Crippen LogP contribution in [0.3, 0.4) is 0 Å². The van der Waals surface area contributed by atoms with Gasteiger partial charge in [-0.25, -0.2) is 4.79 Å². The van der Waals surface area contributed by atoms with Crippen LogP contribution in [0.25, 0.3) is 17.2 Å². The number of nitriles is 1. The van der Waals surface area contributed by atoms with Gasteiger partial charge in [0.25, 0.3) is 0 Å². The fourth-order valence-electron chi connectivity index (χ4n) is 2.66. The van der Waals surface area contributed by atoms with E-state index >= 15 is 0 Å². The molecule has 0 fully saturated rings. The first-order chi connectivity index (χ1) is 12.9. The van der Waals surface area contributed by atoms with E-state index in [1.165, 1.54) is 0 Å². The van der Waals surface area contributed by atoms with Gasteiger partial charge in [0.1, 0.15) is 5.78 Å². The van der Waals surface area contributed by atoms with E-state index in [2.05, 4.69) is 0 Å². The second-order valence-corrected chi connectivity index (χ2v) is 6.14. The van der Waals surface area contributed by atoms with Crippen LogP contribution in [0.1, 0.15) is 31.4 Å². The summed E-state index contributed by atoms with van der Waals surface area (Å²) in [5, 5.41) is 8.97. The molecule has 2 aromatic carbocycles. The molecule has 0 heterocycles. The Kier molecular flexibility index (Phi) is 6.90. The van der Waals surface area contributed by atoms with Gasteiger partial charge < -0.3 is 10.5 Å². The molecule has 0 spiro atoms. The van der Waals surface area contributed by atoms with Crippen molar-refractivity contribution in [3.8, 4) is 17.2 Å². The van der Waals surface area contributed by atoms with Crippen molar-refractivity contribution in [3.05, 3.63) is 59.2 Å². The Bertz CT molecular complexity index is 906. The van der Waals surface area contributed by atoms with Gasteiger partial charge in [-0.2, -0.15) is 5.26 Å². The fourth-order valence-corrected chi connectivity index (χ4v) is 2.66. The Morgan fingerprint density at radius 3 is 2.41 bits per heavy atom. The van der Waals surface area contributed by atoms with Gasteiger partial charge in [-0.05, 0) is 54.3 Å². The number of nitrogen functional groups attached to an aromatic ring is 1. The number of nitrogens with two attached hydrogens (primary N) is 1. The highest BCUT2D eigenvalue weighted by atomic mass is 16.5. The molecule has 0 aliphatic rings. The van der Waals surface area contributed by atoms with E-state index in [0.717, 1.165) is 16.7 Å². The molecule has 27 heavy (non-hydrogen) atoms. The van der Waals surface area contributed by atoms with E-state index in [1.54, 1.807) is 26.0 Å². The second-order valence-electron chi connectivity index (χ2n) is 6.14. The Morgan fingerprint density at radius 1 is 1.15 bits per heavy atom. The largest absolute Gasteiger partial charge is 0.463 e. The summed E-state index contributed by atoms with van der Waals surface area (Å²) in [5.41, 5.74) is 10.3. The van der Waals surface area contributed by atoms with Gasteiger partial charge in [-0.15, -0.1) is 0 Å². The lowest BCUT2D eigenvalue weighted by atomic mass is 9.98. The third kappa shape index (κ3) is 5.55. The molecule has 2 aromatic rings. The molecule has 0 aliphatic carbocycles. The van der Waals surface area contributed by atoms with Crippen LogP contribution in [0.4, 0.5) is 5.69 Å². The van der Waals surface area contributed by atoms with Gasteiger partial charge >= 0.3 is 5.97 Å². The summed E-state index contributed by atoms with van der Waals surface area (Å²) >= 11 is 0. The number of Topliss-reactive ketones (excluding diaryl/α,β-unsaturated/α-hetero) is 1. The number of hydrogen-bond donors (Lipinski definition) is 1. The second kappa shape index (κ2) is 9.35. The number of rotatable bonds is 7. The number of anilines is 1. The molecule has 0 aromatic heterocycles. The lowest BCUT2D eigenvalue weighted by Crippen LogP contribution is -2.07. The highest BCUT2D eigenvalue weighted by Gasteiger charge is 2.12. The zero-order chi connectivity index (χ0) is 19.8. The van der Waals surface area contributed by atoms with Crippen LogP contribution in [-0.4, -0.2) is 18.4 Å². The molecule has 138 valence electrons. The SMILES string of the molecule is CCOC(=O)/C(=C/c1cc(-c2ccc(CC(C)=O)cc2)ccc1N)CC#N. The van der Waals surface area contributed by atoms with Crippen LogP contribution in [0.5, 0.6) is 0 Å². The Morgan fingerprint density at radius 2 is 1.81 bits per heavy atom. The van der Waals surface area contributed by atoms with Crippen molar-refractivity contribution in [2.24, 2.45) is 0 Å². The summed E-state index contributed by atoms with van der Waals surface area (Å²) < 4.78 is 5.00. The molecule has 0 amide bonds. The fraction of sp³-hybridized carbons (Fsp3) is 0.227. The predicted octanol–water partition coefficient (Wildman–Crippen LogP) is 3.93. The van der Waals surface area contributed by atoms with Crippen molar-refractivity contribution >= 4 is 23.5 Å². The molecule has 0 unspecified atom stereocenters. The van der Waals surface area contributed by atoms with Crippen LogP contribution in [-0.2, 0) is 20.7 Å². The van der Waals surface area contributed by atoms with Crippen LogP contribution in [0.15, 0.2) is 48.0 Å². The highest BCUT2D eigenvalue weighted by molar-refractivity contribution is 5.95. The number of benzene rings is 2. The van der Waals surface area contributed by atoms with Crippen molar-refractivity contribution < 1.29 is 14.3 Å². The van der Waals surface area contributed by atoms with Crippen molar-refractivity contribution in [2.45, 2.75) is 26.7 Å². The number of carbonyl (C=O) groups is 2. The average molecular weight is 362 g/mol. The minimum atomic E-state index is -0.516. The maximum absolute atomic E-state index is 12.0. The number of hydrogen-bond acceptors (Lipinski definition) is 5. The zero-order valence-corrected chi connectivity index (χ0v) is 15.5. The molecular formula is C22H22N2O3. The van der Waals surface area contributed by atoms with Gasteiger partial charge in [0.15, 0.2) is 0 Å². The van der Waals surface area contributed by atoms with Crippen LogP contribution < -0.4 is 5.73 Å². The minimum Gasteiger partial charge on any atom is -0.463 e. The molecule has 5 nitrogen and oxygen atoms in total. The van der Waals surface area contributed by atoms with Crippen LogP contribution in [0.2, 0.25) is 0 Å². The molecule has 0 aliphatic heterocycles. The smallest absolute Gasteiger partial charge is 0.335 e. The Labute approximate surface area is 159 Å². The van der Waals surface area contributed by atoms with E-state index in [0.29, 0.717) is 17.7 Å². The van der Waals surface area contributed by atoms with Crippen LogP contribution in [0, 0.1) is 11.3 Å². The molecule has 0 saturated heterocycles. The molecule has 0 atom stereocenters. The quantitative estimate of drug-likeness (QED) is 0.458. The number of nitrogens with zero attached hydrogens (tertiary/aromatic N) is 1. The van der Waals surface area contributed by atoms with E-state index in [4.69, 9.17) is 15.7 Å². The molecule has 0 radical (unpaired) electrons. The molecule has 0 bridgehead atoms.